The maximum Gasteiger partial charge on any atom is 0.461 e. The number of halogens is 5. The Morgan fingerprint density at radius 2 is 1.69 bits per heavy atom. The fourth-order valence-electron chi connectivity index (χ4n) is 2.48. The van der Waals surface area contributed by atoms with Crippen LogP contribution in [0, 0.1) is 0 Å². The summed E-state index contributed by atoms with van der Waals surface area (Å²) in [5.74, 6) is -6.66. The Bertz CT molecular complexity index is 924. The van der Waals surface area contributed by atoms with E-state index in [9.17, 15) is 22.0 Å². The molecule has 0 atom stereocenters. The molecule has 3 aromatic rings. The van der Waals surface area contributed by atoms with Crippen LogP contribution in [0.25, 0.3) is 16.4 Å². The molecule has 140 valence electrons. The van der Waals surface area contributed by atoms with Gasteiger partial charge in [-0.2, -0.15) is 26.5 Å². The van der Waals surface area contributed by atoms with Crippen LogP contribution in [0.2, 0.25) is 0 Å². The average molecular weight is 375 g/mol. The summed E-state index contributed by atoms with van der Waals surface area (Å²) >= 11 is 0. The van der Waals surface area contributed by atoms with Gasteiger partial charge in [-0.15, -0.1) is 15.3 Å². The van der Waals surface area contributed by atoms with Crippen molar-refractivity contribution in [1.82, 2.24) is 19.8 Å². The monoisotopic (exact) mass is 375 g/mol. The third-order valence-electron chi connectivity index (χ3n) is 3.78. The number of aliphatic hydroxyl groups is 1. The van der Waals surface area contributed by atoms with E-state index in [1.54, 1.807) is 18.2 Å². The zero-order chi connectivity index (χ0) is 18.9. The number of unbranched alkanes of at least 4 members (excludes halogenated alkanes) is 1. The largest absolute Gasteiger partial charge is 0.461 e. The molecule has 26 heavy (non-hydrogen) atoms. The number of hydrogen-bond donors (Lipinski definition) is 2. The summed E-state index contributed by atoms with van der Waals surface area (Å²) in [4.78, 5) is 0. The second-order valence-electron chi connectivity index (χ2n) is 5.58. The van der Waals surface area contributed by atoms with E-state index in [1.165, 1.54) is 6.07 Å². The van der Waals surface area contributed by atoms with Crippen LogP contribution in [0.15, 0.2) is 24.3 Å². The number of nitrogens with zero attached hydrogens (tertiary/aromatic N) is 4. The number of aliphatic hydroxyl groups excluding tert-OH is 1. The van der Waals surface area contributed by atoms with Gasteiger partial charge in [-0.3, -0.25) is 0 Å². The molecular formula is C15H14F5N5O. The molecule has 2 aromatic heterocycles. The minimum absolute atomic E-state index is 0.0116. The van der Waals surface area contributed by atoms with Crippen LogP contribution in [-0.2, 0) is 5.92 Å². The lowest BCUT2D eigenvalue weighted by molar-refractivity contribution is -0.293. The van der Waals surface area contributed by atoms with Gasteiger partial charge >= 0.3 is 12.1 Å². The molecule has 0 fully saturated rings. The first kappa shape index (κ1) is 18.2. The molecule has 0 aliphatic carbocycles. The van der Waals surface area contributed by atoms with Crippen molar-refractivity contribution in [3.63, 3.8) is 0 Å². The first-order valence-corrected chi connectivity index (χ1v) is 7.71. The Hall–Kier alpha value is -2.56. The van der Waals surface area contributed by atoms with Gasteiger partial charge < -0.3 is 10.4 Å². The van der Waals surface area contributed by atoms with Gasteiger partial charge in [-0.1, -0.05) is 24.3 Å². The molecule has 3 rings (SSSR count). The molecule has 0 aliphatic rings. The Balaban J connectivity index is 2.16. The summed E-state index contributed by atoms with van der Waals surface area (Å²) in [5.41, 5.74) is -0.194. The number of aromatic nitrogens is 4. The van der Waals surface area contributed by atoms with E-state index in [1.807, 2.05) is 0 Å². The maximum absolute atomic E-state index is 13.8. The van der Waals surface area contributed by atoms with E-state index < -0.39 is 17.9 Å². The van der Waals surface area contributed by atoms with Gasteiger partial charge in [0.25, 0.3) is 0 Å². The highest BCUT2D eigenvalue weighted by atomic mass is 19.4. The summed E-state index contributed by atoms with van der Waals surface area (Å²) in [6.07, 6.45) is -4.74. The van der Waals surface area contributed by atoms with Gasteiger partial charge in [0.15, 0.2) is 11.5 Å². The summed E-state index contributed by atoms with van der Waals surface area (Å²) in [6.45, 7) is 0.346. The second-order valence-corrected chi connectivity index (χ2v) is 5.58. The van der Waals surface area contributed by atoms with E-state index in [4.69, 9.17) is 5.11 Å². The quantitative estimate of drug-likeness (QED) is 0.512. The molecule has 11 heteroatoms. The molecule has 2 heterocycles. The zero-order valence-electron chi connectivity index (χ0n) is 13.3. The number of nitrogens with one attached hydrogen (secondary N) is 1. The predicted molar refractivity (Wildman–Crippen MR) is 83.0 cm³/mol. The lowest BCUT2D eigenvalue weighted by Crippen LogP contribution is -2.36. The van der Waals surface area contributed by atoms with Crippen LogP contribution in [0.3, 0.4) is 0 Å². The molecule has 1 aromatic carbocycles. The number of alkyl halides is 5. The summed E-state index contributed by atoms with van der Waals surface area (Å²) in [6, 6.07) is 6.47. The highest BCUT2D eigenvalue weighted by molar-refractivity contribution is 5.99. The predicted octanol–water partition coefficient (Wildman–Crippen LogP) is 3.12. The van der Waals surface area contributed by atoms with Gasteiger partial charge in [-0.25, -0.2) is 0 Å². The smallest absolute Gasteiger partial charge is 0.396 e. The van der Waals surface area contributed by atoms with E-state index in [0.29, 0.717) is 34.7 Å². The van der Waals surface area contributed by atoms with Crippen LogP contribution in [0.1, 0.15) is 18.7 Å². The zero-order valence-corrected chi connectivity index (χ0v) is 13.3. The normalized spacial score (nSPS) is 12.8. The minimum atomic E-state index is -5.82. The van der Waals surface area contributed by atoms with E-state index in [2.05, 4.69) is 20.6 Å². The number of anilines is 1. The molecule has 0 aliphatic heterocycles. The number of hydrogen-bond acceptors (Lipinski definition) is 5. The van der Waals surface area contributed by atoms with Crippen LogP contribution < -0.4 is 5.32 Å². The Labute approximate surface area is 143 Å². The molecule has 0 saturated carbocycles. The van der Waals surface area contributed by atoms with E-state index in [0.717, 1.165) is 0 Å². The minimum Gasteiger partial charge on any atom is -0.396 e. The number of fused-ring (bicyclic) bond motifs is 3. The Kier molecular flexibility index (Phi) is 4.65. The SMILES string of the molecule is OCCCCNc1nn2c(C(F)(F)C(F)(F)F)nnc2c2ccccc12. The second kappa shape index (κ2) is 6.63. The van der Waals surface area contributed by atoms with Crippen molar-refractivity contribution < 1.29 is 27.1 Å². The molecule has 0 bridgehead atoms. The summed E-state index contributed by atoms with van der Waals surface area (Å²) < 4.78 is 66.2. The van der Waals surface area contributed by atoms with Crippen molar-refractivity contribution in [3.05, 3.63) is 30.1 Å². The molecule has 0 amide bonds. The van der Waals surface area contributed by atoms with Gasteiger partial charge in [0.2, 0.25) is 5.82 Å². The van der Waals surface area contributed by atoms with Crippen molar-refractivity contribution >= 4 is 22.2 Å². The first-order chi connectivity index (χ1) is 12.3. The van der Waals surface area contributed by atoms with Crippen LogP contribution in [0.5, 0.6) is 0 Å². The standard InChI is InChI=1S/C15H14F5N5O/c16-14(17,15(18,19)20)13-23-22-12-10-6-2-1-5-9(10)11(24-25(12)13)21-7-3-4-8-26/h1-2,5-6,26H,3-4,7-8H2,(H,21,24). The molecule has 2 N–H and O–H groups in total. The lowest BCUT2D eigenvalue weighted by atomic mass is 10.2. The van der Waals surface area contributed by atoms with Gasteiger partial charge in [0.1, 0.15) is 0 Å². The van der Waals surface area contributed by atoms with Crippen molar-refractivity contribution in [2.45, 2.75) is 24.9 Å². The van der Waals surface area contributed by atoms with Gasteiger partial charge in [0.05, 0.1) is 0 Å². The van der Waals surface area contributed by atoms with Crippen molar-refractivity contribution in [2.24, 2.45) is 0 Å². The fraction of sp³-hybridized carbons (Fsp3) is 0.400. The third kappa shape index (κ3) is 3.02. The summed E-state index contributed by atoms with van der Waals surface area (Å²) in [5, 5.41) is 23.0. The maximum atomic E-state index is 13.8. The van der Waals surface area contributed by atoms with Gasteiger partial charge in [-0.05, 0) is 12.8 Å². The Morgan fingerprint density at radius 3 is 2.35 bits per heavy atom. The third-order valence-corrected chi connectivity index (χ3v) is 3.78. The molecule has 6 nitrogen and oxygen atoms in total. The Morgan fingerprint density at radius 1 is 1.00 bits per heavy atom. The molecule has 0 radical (unpaired) electrons. The van der Waals surface area contributed by atoms with Crippen LogP contribution in [0.4, 0.5) is 27.8 Å². The number of rotatable bonds is 6. The molecule has 0 spiro atoms. The van der Waals surface area contributed by atoms with Crippen molar-refractivity contribution in [1.29, 1.82) is 0 Å². The fourth-order valence-corrected chi connectivity index (χ4v) is 2.48. The number of benzene rings is 1. The highest BCUT2D eigenvalue weighted by Crippen LogP contribution is 2.43. The summed E-state index contributed by atoms with van der Waals surface area (Å²) in [7, 11) is 0. The lowest BCUT2D eigenvalue weighted by Gasteiger charge is -2.17. The van der Waals surface area contributed by atoms with Crippen LogP contribution >= 0.6 is 0 Å². The first-order valence-electron chi connectivity index (χ1n) is 7.71. The van der Waals surface area contributed by atoms with Crippen molar-refractivity contribution in [2.75, 3.05) is 18.5 Å². The topological polar surface area (TPSA) is 75.3 Å². The molecular weight excluding hydrogens is 361 g/mol. The molecule has 0 saturated heterocycles. The molecule has 0 unspecified atom stereocenters. The highest BCUT2D eigenvalue weighted by Gasteiger charge is 2.62. The van der Waals surface area contributed by atoms with Gasteiger partial charge in [0, 0.05) is 23.9 Å². The van der Waals surface area contributed by atoms with Crippen molar-refractivity contribution in [3.8, 4) is 0 Å². The van der Waals surface area contributed by atoms with Crippen LogP contribution in [-0.4, -0.2) is 44.2 Å². The van der Waals surface area contributed by atoms with E-state index in [-0.39, 0.29) is 18.1 Å². The average Bonchev–Trinajstić information content (AvgIpc) is 3.02. The van der Waals surface area contributed by atoms with E-state index >= 15 is 0 Å².